The fourth-order valence-corrected chi connectivity index (χ4v) is 3.73. The molecule has 1 saturated heterocycles. The molecule has 3 rings (SSSR count). The van der Waals surface area contributed by atoms with Crippen molar-refractivity contribution in [3.8, 4) is 0 Å². The molecule has 28 heavy (non-hydrogen) atoms. The second kappa shape index (κ2) is 9.15. The zero-order valence-electron chi connectivity index (χ0n) is 15.4. The Bertz CT molecular complexity index is 859. The number of hydrogen-bond acceptors (Lipinski definition) is 6. The van der Waals surface area contributed by atoms with Crippen molar-refractivity contribution in [3.63, 3.8) is 0 Å². The summed E-state index contributed by atoms with van der Waals surface area (Å²) >= 11 is 18.5. The highest BCUT2D eigenvalue weighted by molar-refractivity contribution is 6.42. The van der Waals surface area contributed by atoms with Crippen LogP contribution < -0.4 is 0 Å². The van der Waals surface area contributed by atoms with Crippen LogP contribution in [0.1, 0.15) is 32.9 Å². The van der Waals surface area contributed by atoms with Crippen LogP contribution in [-0.2, 0) is 19.0 Å². The lowest BCUT2D eigenvalue weighted by Crippen LogP contribution is -2.37. The number of carbonyl (C=O) groups is 1. The molecule has 10 heteroatoms. The number of imidazole rings is 1. The third-order valence-corrected chi connectivity index (χ3v) is 5.47. The fraction of sp³-hybridized carbons (Fsp3) is 0.556. The first kappa shape index (κ1) is 21.6. The molecule has 0 amide bonds. The molecule has 7 nitrogen and oxygen atoms in total. The number of aliphatic hydroxyl groups is 1. The maximum Gasteiger partial charge on any atom is 0.303 e. The van der Waals surface area contributed by atoms with Crippen molar-refractivity contribution >= 4 is 51.8 Å². The molecule has 0 saturated carbocycles. The van der Waals surface area contributed by atoms with Gasteiger partial charge < -0.3 is 19.3 Å². The zero-order chi connectivity index (χ0) is 20.4. The monoisotopic (exact) mass is 450 g/mol. The Kier molecular flexibility index (Phi) is 7.07. The van der Waals surface area contributed by atoms with E-state index < -0.39 is 30.5 Å². The van der Waals surface area contributed by atoms with Gasteiger partial charge in [0.25, 0.3) is 0 Å². The van der Waals surface area contributed by atoms with Crippen molar-refractivity contribution in [2.75, 3.05) is 13.2 Å². The minimum absolute atomic E-state index is 0.0928. The predicted molar refractivity (Wildman–Crippen MR) is 106 cm³/mol. The van der Waals surface area contributed by atoms with Gasteiger partial charge in [0.05, 0.1) is 27.7 Å². The second-order valence-electron chi connectivity index (χ2n) is 6.56. The minimum Gasteiger partial charge on any atom is -0.455 e. The summed E-state index contributed by atoms with van der Waals surface area (Å²) in [6.45, 7) is 4.03. The molecule has 0 unspecified atom stereocenters. The maximum atomic E-state index is 11.6. The van der Waals surface area contributed by atoms with E-state index in [2.05, 4.69) is 11.9 Å². The van der Waals surface area contributed by atoms with E-state index in [0.717, 1.165) is 12.8 Å². The molecule has 1 fully saturated rings. The molecular weight excluding hydrogens is 431 g/mol. The number of carbonyl (C=O) groups excluding carboxylic acids is 1. The van der Waals surface area contributed by atoms with Crippen LogP contribution in [0.5, 0.6) is 0 Å². The first-order valence-corrected chi connectivity index (χ1v) is 10.1. The average molecular weight is 452 g/mol. The third kappa shape index (κ3) is 4.40. The summed E-state index contributed by atoms with van der Waals surface area (Å²) in [5, 5.41) is 11.4. The first-order chi connectivity index (χ1) is 13.3. The van der Waals surface area contributed by atoms with E-state index in [4.69, 9.17) is 49.0 Å². The molecule has 0 radical (unpaired) electrons. The summed E-state index contributed by atoms with van der Waals surface area (Å²) in [6, 6.07) is 3.18. The van der Waals surface area contributed by atoms with Crippen LogP contribution in [0.3, 0.4) is 0 Å². The molecule has 2 heterocycles. The van der Waals surface area contributed by atoms with Gasteiger partial charge in [-0.3, -0.25) is 9.36 Å². The highest BCUT2D eigenvalue weighted by Gasteiger charge is 2.48. The summed E-state index contributed by atoms with van der Waals surface area (Å²) in [5.74, 6) is -0.549. The molecule has 0 aliphatic carbocycles. The van der Waals surface area contributed by atoms with E-state index in [1.165, 1.54) is 11.5 Å². The van der Waals surface area contributed by atoms with Crippen LogP contribution in [0, 0.1) is 0 Å². The molecule has 1 aromatic heterocycles. The molecule has 1 aliphatic heterocycles. The standard InChI is InChI=1S/C18H21Cl3N2O5/c1-3-4-5-26-8-14-15(25)16(27-9(2)24)17(28-14)23-13-7-11(20)10(19)6-12(13)22-18(23)21/h6-7,14-17,25H,3-5,8H2,1-2H3/t14-,15-,16-,17-/m1/s1. The highest BCUT2D eigenvalue weighted by Crippen LogP contribution is 2.38. The van der Waals surface area contributed by atoms with Gasteiger partial charge in [-0.1, -0.05) is 36.5 Å². The maximum absolute atomic E-state index is 11.6. The largest absolute Gasteiger partial charge is 0.455 e. The van der Waals surface area contributed by atoms with Gasteiger partial charge in [-0.2, -0.15) is 0 Å². The van der Waals surface area contributed by atoms with E-state index in [1.54, 1.807) is 12.1 Å². The lowest BCUT2D eigenvalue weighted by atomic mass is 10.1. The molecule has 1 aliphatic rings. The fourth-order valence-electron chi connectivity index (χ4n) is 3.13. The second-order valence-corrected chi connectivity index (χ2v) is 7.72. The quantitative estimate of drug-likeness (QED) is 0.506. The van der Waals surface area contributed by atoms with Crippen molar-refractivity contribution in [1.82, 2.24) is 9.55 Å². The Morgan fingerprint density at radius 1 is 1.32 bits per heavy atom. The van der Waals surface area contributed by atoms with Crippen LogP contribution in [0.25, 0.3) is 11.0 Å². The van der Waals surface area contributed by atoms with Crippen molar-refractivity contribution in [2.45, 2.75) is 51.2 Å². The molecule has 0 bridgehead atoms. The number of halogens is 3. The van der Waals surface area contributed by atoms with E-state index in [0.29, 0.717) is 27.7 Å². The van der Waals surface area contributed by atoms with E-state index in [9.17, 15) is 9.90 Å². The zero-order valence-corrected chi connectivity index (χ0v) is 17.7. The lowest BCUT2D eigenvalue weighted by molar-refractivity contribution is -0.155. The van der Waals surface area contributed by atoms with Crippen molar-refractivity contribution in [3.05, 3.63) is 27.5 Å². The molecule has 0 spiro atoms. The van der Waals surface area contributed by atoms with Crippen LogP contribution in [0.2, 0.25) is 15.3 Å². The number of rotatable bonds is 7. The van der Waals surface area contributed by atoms with E-state index >= 15 is 0 Å². The molecule has 4 atom stereocenters. The third-order valence-electron chi connectivity index (χ3n) is 4.48. The van der Waals surface area contributed by atoms with Gasteiger partial charge in [0.1, 0.15) is 12.2 Å². The Hall–Kier alpha value is -1.09. The normalized spacial score (nSPS) is 24.8. The number of unbranched alkanes of at least 4 members (excludes halogenated alkanes) is 1. The Labute approximate surface area is 177 Å². The number of hydrogen-bond donors (Lipinski definition) is 1. The van der Waals surface area contributed by atoms with E-state index in [-0.39, 0.29) is 11.9 Å². The summed E-state index contributed by atoms with van der Waals surface area (Å²) in [6.07, 6.45) is -1.77. The number of aliphatic hydroxyl groups excluding tert-OH is 1. The number of aromatic nitrogens is 2. The topological polar surface area (TPSA) is 82.8 Å². The highest BCUT2D eigenvalue weighted by atomic mass is 35.5. The van der Waals surface area contributed by atoms with Crippen molar-refractivity contribution in [1.29, 1.82) is 0 Å². The SMILES string of the molecule is CCCCOC[C@H]1O[C@@H](n2c(Cl)nc3cc(Cl)c(Cl)cc32)[C@H](OC(C)=O)[C@@H]1O. The van der Waals surface area contributed by atoms with Gasteiger partial charge in [-0.05, 0) is 30.2 Å². The molecular formula is C18H21Cl3N2O5. The number of nitrogens with zero attached hydrogens (tertiary/aromatic N) is 2. The Balaban J connectivity index is 1.93. The number of esters is 1. The summed E-state index contributed by atoms with van der Waals surface area (Å²) in [4.78, 5) is 15.9. The Morgan fingerprint density at radius 2 is 2.04 bits per heavy atom. The average Bonchev–Trinajstić information content (AvgIpc) is 3.09. The van der Waals surface area contributed by atoms with Crippen molar-refractivity contribution < 1.29 is 24.1 Å². The predicted octanol–water partition coefficient (Wildman–Crippen LogP) is 4.00. The van der Waals surface area contributed by atoms with Gasteiger partial charge in [0.2, 0.25) is 5.28 Å². The molecule has 1 N–H and O–H groups in total. The summed E-state index contributed by atoms with van der Waals surface area (Å²) < 4.78 is 18.4. The first-order valence-electron chi connectivity index (χ1n) is 8.94. The van der Waals surface area contributed by atoms with Gasteiger partial charge >= 0.3 is 5.97 Å². The molecule has 1 aromatic carbocycles. The van der Waals surface area contributed by atoms with Gasteiger partial charge in [-0.15, -0.1) is 0 Å². The van der Waals surface area contributed by atoms with Crippen LogP contribution in [0.4, 0.5) is 0 Å². The van der Waals surface area contributed by atoms with Crippen LogP contribution in [0.15, 0.2) is 12.1 Å². The molecule has 2 aromatic rings. The lowest BCUT2D eigenvalue weighted by Gasteiger charge is -2.22. The molecule has 154 valence electrons. The van der Waals surface area contributed by atoms with Crippen LogP contribution >= 0.6 is 34.8 Å². The number of fused-ring (bicyclic) bond motifs is 1. The summed E-state index contributed by atoms with van der Waals surface area (Å²) in [7, 11) is 0. The smallest absolute Gasteiger partial charge is 0.303 e. The summed E-state index contributed by atoms with van der Waals surface area (Å²) in [5.41, 5.74) is 1.04. The Morgan fingerprint density at radius 3 is 2.71 bits per heavy atom. The van der Waals surface area contributed by atoms with Gasteiger partial charge in [0.15, 0.2) is 12.3 Å². The van der Waals surface area contributed by atoms with Crippen LogP contribution in [-0.4, -0.2) is 52.2 Å². The van der Waals surface area contributed by atoms with Crippen molar-refractivity contribution in [2.24, 2.45) is 0 Å². The number of benzene rings is 1. The van der Waals surface area contributed by atoms with Gasteiger partial charge in [0, 0.05) is 13.5 Å². The van der Waals surface area contributed by atoms with E-state index in [1.807, 2.05) is 0 Å². The minimum atomic E-state index is -1.09. The van der Waals surface area contributed by atoms with Gasteiger partial charge in [-0.25, -0.2) is 4.98 Å². The number of ether oxygens (including phenoxy) is 3.